The summed E-state index contributed by atoms with van der Waals surface area (Å²) in [6, 6.07) is 0.400. The van der Waals surface area contributed by atoms with E-state index in [0.29, 0.717) is 11.9 Å². The maximum Gasteiger partial charge on any atom is 0.311 e. The molecule has 14 heavy (non-hydrogen) atoms. The average molecular weight is 195 g/mol. The minimum Gasteiger partial charge on any atom is -0.481 e. The molecule has 0 spiro atoms. The van der Waals surface area contributed by atoms with Crippen molar-refractivity contribution in [2.45, 2.75) is 12.5 Å². The first-order chi connectivity index (χ1) is 6.66. The Bertz CT molecular complexity index is 342. The van der Waals surface area contributed by atoms with Crippen LogP contribution in [0.2, 0.25) is 0 Å². The standard InChI is InChI=1S/C9H13N3O2/c1-11-5-7(6-11)12-3-2-10-8(12)4-9(13)14/h2-3,7H,4-6H2,1H3,(H,13,14). The normalized spacial score (nSPS) is 18.1. The van der Waals surface area contributed by atoms with E-state index < -0.39 is 5.97 Å². The molecule has 1 aliphatic heterocycles. The predicted molar refractivity (Wildman–Crippen MR) is 50.1 cm³/mol. The van der Waals surface area contributed by atoms with Gasteiger partial charge in [-0.3, -0.25) is 4.79 Å². The number of aromatic nitrogens is 2. The van der Waals surface area contributed by atoms with E-state index >= 15 is 0 Å². The van der Waals surface area contributed by atoms with Crippen molar-refractivity contribution in [2.75, 3.05) is 20.1 Å². The molecular formula is C9H13N3O2. The summed E-state index contributed by atoms with van der Waals surface area (Å²) in [5.74, 6) is -0.180. The number of carbonyl (C=O) groups is 1. The molecule has 0 aromatic carbocycles. The van der Waals surface area contributed by atoms with Crippen LogP contribution in [0.25, 0.3) is 0 Å². The van der Waals surface area contributed by atoms with Gasteiger partial charge in [-0.25, -0.2) is 4.98 Å². The third-order valence-corrected chi connectivity index (χ3v) is 2.50. The third-order valence-electron chi connectivity index (χ3n) is 2.50. The zero-order valence-electron chi connectivity index (χ0n) is 8.05. The SMILES string of the molecule is CN1CC(n2ccnc2CC(=O)O)C1. The van der Waals surface area contributed by atoms with Gasteiger partial charge in [-0.2, -0.15) is 0 Å². The van der Waals surface area contributed by atoms with Crippen LogP contribution in [0.4, 0.5) is 0 Å². The summed E-state index contributed by atoms with van der Waals surface area (Å²) in [5, 5.41) is 8.67. The van der Waals surface area contributed by atoms with Crippen molar-refractivity contribution in [3.63, 3.8) is 0 Å². The van der Waals surface area contributed by atoms with Gasteiger partial charge >= 0.3 is 5.97 Å². The molecule has 2 heterocycles. The van der Waals surface area contributed by atoms with Crippen molar-refractivity contribution < 1.29 is 9.90 Å². The fourth-order valence-corrected chi connectivity index (χ4v) is 1.79. The number of nitrogens with zero attached hydrogens (tertiary/aromatic N) is 3. The van der Waals surface area contributed by atoms with Gasteiger partial charge in [-0.1, -0.05) is 0 Å². The van der Waals surface area contributed by atoms with E-state index in [4.69, 9.17) is 5.11 Å². The number of likely N-dealkylation sites (N-methyl/N-ethyl adjacent to an activating group) is 1. The number of hydrogen-bond donors (Lipinski definition) is 1. The molecule has 1 aliphatic rings. The Morgan fingerprint density at radius 2 is 2.43 bits per heavy atom. The summed E-state index contributed by atoms with van der Waals surface area (Å²) in [6.45, 7) is 1.95. The smallest absolute Gasteiger partial charge is 0.311 e. The summed E-state index contributed by atoms with van der Waals surface area (Å²) in [4.78, 5) is 16.8. The first-order valence-electron chi connectivity index (χ1n) is 4.59. The van der Waals surface area contributed by atoms with Gasteiger partial charge in [0.15, 0.2) is 0 Å². The number of carboxylic acid groups (broad SMARTS) is 1. The van der Waals surface area contributed by atoms with Crippen molar-refractivity contribution in [3.05, 3.63) is 18.2 Å². The highest BCUT2D eigenvalue weighted by atomic mass is 16.4. The molecule has 1 fully saturated rings. The van der Waals surface area contributed by atoms with E-state index in [1.54, 1.807) is 6.20 Å². The van der Waals surface area contributed by atoms with Crippen LogP contribution >= 0.6 is 0 Å². The summed E-state index contributed by atoms with van der Waals surface area (Å²) < 4.78 is 1.97. The van der Waals surface area contributed by atoms with Crippen LogP contribution in [-0.4, -0.2) is 45.7 Å². The number of hydrogen-bond acceptors (Lipinski definition) is 3. The van der Waals surface area contributed by atoms with Crippen LogP contribution in [0, 0.1) is 0 Å². The largest absolute Gasteiger partial charge is 0.481 e. The van der Waals surface area contributed by atoms with Gasteiger partial charge in [0.2, 0.25) is 0 Å². The van der Waals surface area contributed by atoms with Crippen molar-refractivity contribution in [3.8, 4) is 0 Å². The Morgan fingerprint density at radius 3 is 3.00 bits per heavy atom. The topological polar surface area (TPSA) is 58.4 Å². The monoisotopic (exact) mass is 195 g/mol. The summed E-state index contributed by atoms with van der Waals surface area (Å²) in [7, 11) is 2.05. The molecule has 0 amide bonds. The van der Waals surface area contributed by atoms with Crippen LogP contribution in [0.1, 0.15) is 11.9 Å². The van der Waals surface area contributed by atoms with Crippen molar-refractivity contribution in [1.82, 2.24) is 14.5 Å². The lowest BCUT2D eigenvalue weighted by molar-refractivity contribution is -0.136. The summed E-state index contributed by atoms with van der Waals surface area (Å²) in [5.41, 5.74) is 0. The zero-order chi connectivity index (χ0) is 10.1. The Labute approximate surface area is 82.0 Å². The van der Waals surface area contributed by atoms with E-state index in [2.05, 4.69) is 9.88 Å². The minimum absolute atomic E-state index is 0.00716. The van der Waals surface area contributed by atoms with Gasteiger partial charge in [0.1, 0.15) is 12.2 Å². The molecule has 0 radical (unpaired) electrons. The second kappa shape index (κ2) is 3.42. The van der Waals surface area contributed by atoms with Gasteiger partial charge in [-0.05, 0) is 7.05 Å². The van der Waals surface area contributed by atoms with Gasteiger partial charge in [0.05, 0.1) is 6.04 Å². The lowest BCUT2D eigenvalue weighted by atomic mass is 10.1. The molecule has 1 aromatic heterocycles. The molecule has 2 rings (SSSR count). The van der Waals surface area contributed by atoms with Gasteiger partial charge in [-0.15, -0.1) is 0 Å². The number of rotatable bonds is 3. The molecule has 5 nitrogen and oxygen atoms in total. The molecule has 1 aromatic rings. The molecule has 5 heteroatoms. The van der Waals surface area contributed by atoms with E-state index in [1.165, 1.54) is 0 Å². The molecule has 0 bridgehead atoms. The molecular weight excluding hydrogens is 182 g/mol. The van der Waals surface area contributed by atoms with E-state index in [9.17, 15) is 4.79 Å². The maximum atomic E-state index is 10.5. The van der Waals surface area contributed by atoms with Crippen LogP contribution in [0.15, 0.2) is 12.4 Å². The van der Waals surface area contributed by atoms with E-state index in [0.717, 1.165) is 13.1 Å². The van der Waals surface area contributed by atoms with Crippen LogP contribution in [-0.2, 0) is 11.2 Å². The molecule has 1 saturated heterocycles. The second-order valence-corrected chi connectivity index (χ2v) is 3.70. The first kappa shape index (κ1) is 9.21. The molecule has 1 N–H and O–H groups in total. The average Bonchev–Trinajstić information content (AvgIpc) is 2.45. The van der Waals surface area contributed by atoms with Crippen molar-refractivity contribution >= 4 is 5.97 Å². The quantitative estimate of drug-likeness (QED) is 0.737. The zero-order valence-corrected chi connectivity index (χ0v) is 8.05. The fourth-order valence-electron chi connectivity index (χ4n) is 1.79. The van der Waals surface area contributed by atoms with Crippen molar-refractivity contribution in [2.24, 2.45) is 0 Å². The Hall–Kier alpha value is -1.36. The number of imidazole rings is 1. The van der Waals surface area contributed by atoms with E-state index in [-0.39, 0.29) is 6.42 Å². The molecule has 0 unspecified atom stereocenters. The Balaban J connectivity index is 2.10. The number of aliphatic carboxylic acids is 1. The Morgan fingerprint density at radius 1 is 1.71 bits per heavy atom. The summed E-state index contributed by atoms with van der Waals surface area (Å²) in [6.07, 6.45) is 3.53. The lowest BCUT2D eigenvalue weighted by Crippen LogP contribution is -2.45. The summed E-state index contributed by atoms with van der Waals surface area (Å²) >= 11 is 0. The maximum absolute atomic E-state index is 10.5. The van der Waals surface area contributed by atoms with Gasteiger partial charge in [0.25, 0.3) is 0 Å². The van der Waals surface area contributed by atoms with Crippen LogP contribution < -0.4 is 0 Å². The van der Waals surface area contributed by atoms with Gasteiger partial charge < -0.3 is 14.6 Å². The highest BCUT2D eigenvalue weighted by Gasteiger charge is 2.26. The lowest BCUT2D eigenvalue weighted by Gasteiger charge is -2.37. The minimum atomic E-state index is -0.829. The Kier molecular flexibility index (Phi) is 2.25. The van der Waals surface area contributed by atoms with Gasteiger partial charge in [0, 0.05) is 25.5 Å². The molecule has 0 aliphatic carbocycles. The molecule has 0 saturated carbocycles. The first-order valence-corrected chi connectivity index (χ1v) is 4.59. The third kappa shape index (κ3) is 1.63. The van der Waals surface area contributed by atoms with Crippen molar-refractivity contribution in [1.29, 1.82) is 0 Å². The van der Waals surface area contributed by atoms with Crippen LogP contribution in [0.3, 0.4) is 0 Å². The fraction of sp³-hybridized carbons (Fsp3) is 0.556. The number of likely N-dealkylation sites (tertiary alicyclic amines) is 1. The highest BCUT2D eigenvalue weighted by Crippen LogP contribution is 2.20. The van der Waals surface area contributed by atoms with E-state index in [1.807, 2.05) is 17.8 Å². The number of carboxylic acids is 1. The predicted octanol–water partition coefficient (Wildman–Crippen LogP) is -0.00330. The molecule has 0 atom stereocenters. The van der Waals surface area contributed by atoms with Crippen LogP contribution in [0.5, 0.6) is 0 Å². The highest BCUT2D eigenvalue weighted by molar-refractivity contribution is 5.69. The second-order valence-electron chi connectivity index (χ2n) is 3.70. The molecule has 76 valence electrons.